The summed E-state index contributed by atoms with van der Waals surface area (Å²) in [5, 5.41) is 0. The molecule has 0 saturated heterocycles. The molecule has 0 N–H and O–H groups in total. The van der Waals surface area contributed by atoms with E-state index in [1.54, 1.807) is 56.4 Å². The van der Waals surface area contributed by atoms with Gasteiger partial charge in [0.05, 0.1) is 5.56 Å². The van der Waals surface area contributed by atoms with Gasteiger partial charge in [0, 0.05) is 61.1 Å². The quantitative estimate of drug-likeness (QED) is 0.218. The molecule has 5 rings (SSSR count). The monoisotopic (exact) mass is 711 g/mol. The maximum atomic E-state index is 13.8. The number of esters is 4. The third kappa shape index (κ3) is 7.09. The minimum absolute atomic E-state index is 0.0398. The van der Waals surface area contributed by atoms with Gasteiger partial charge in [-0.2, -0.15) is 0 Å². The number of halogens is 1. The van der Waals surface area contributed by atoms with Crippen molar-refractivity contribution in [1.82, 2.24) is 4.98 Å². The van der Waals surface area contributed by atoms with Crippen LogP contribution in [-0.4, -0.2) is 52.8 Å². The molecule has 248 valence electrons. The van der Waals surface area contributed by atoms with Crippen molar-refractivity contribution in [2.24, 2.45) is 11.8 Å². The molecule has 1 saturated carbocycles. The van der Waals surface area contributed by atoms with Crippen LogP contribution in [0.5, 0.6) is 5.75 Å². The largest absolute Gasteiger partial charge is 0.482 e. The minimum Gasteiger partial charge on any atom is -0.482 e. The van der Waals surface area contributed by atoms with Crippen LogP contribution in [0.4, 0.5) is 0 Å². The fourth-order valence-electron chi connectivity index (χ4n) is 6.42. The number of pyridine rings is 1. The van der Waals surface area contributed by atoms with E-state index in [0.717, 1.165) is 4.47 Å². The van der Waals surface area contributed by atoms with E-state index in [2.05, 4.69) is 20.9 Å². The third-order valence-corrected chi connectivity index (χ3v) is 9.24. The SMILES string of the molecule is CC(=O)OCC(C)(OC(C)=O)[C@@H]1C[C@@H]2[C@@H](OC(=O)c3ccc(Br)cc3)c3c(cc(-c4cccnc4)oc3=O)O[C@@]2(C)[C@H](OC(C)=O)C1. The Kier molecular flexibility index (Phi) is 9.58. The van der Waals surface area contributed by atoms with E-state index in [0.29, 0.717) is 5.56 Å². The van der Waals surface area contributed by atoms with Crippen LogP contribution in [0, 0.1) is 11.8 Å². The highest BCUT2D eigenvalue weighted by Crippen LogP contribution is 2.55. The second-order valence-corrected chi connectivity index (χ2v) is 13.0. The van der Waals surface area contributed by atoms with Gasteiger partial charge in [-0.15, -0.1) is 0 Å². The Morgan fingerprint density at radius 1 is 1.02 bits per heavy atom. The Balaban J connectivity index is 1.67. The summed E-state index contributed by atoms with van der Waals surface area (Å²) < 4.78 is 36.2. The van der Waals surface area contributed by atoms with Gasteiger partial charge in [-0.1, -0.05) is 15.9 Å². The molecule has 0 amide bonds. The predicted molar refractivity (Wildman–Crippen MR) is 168 cm³/mol. The van der Waals surface area contributed by atoms with Crippen molar-refractivity contribution in [3.8, 4) is 17.1 Å². The molecule has 3 aromatic rings. The topological polar surface area (TPSA) is 158 Å². The summed E-state index contributed by atoms with van der Waals surface area (Å²) in [6.45, 7) is 6.76. The maximum absolute atomic E-state index is 13.8. The Morgan fingerprint density at radius 2 is 1.74 bits per heavy atom. The van der Waals surface area contributed by atoms with Crippen molar-refractivity contribution in [2.75, 3.05) is 6.61 Å². The van der Waals surface area contributed by atoms with Crippen molar-refractivity contribution in [3.05, 3.63) is 80.9 Å². The third-order valence-electron chi connectivity index (χ3n) is 8.71. The van der Waals surface area contributed by atoms with Crippen LogP contribution in [0.1, 0.15) is 69.5 Å². The van der Waals surface area contributed by atoms with Gasteiger partial charge in [0.1, 0.15) is 47.1 Å². The first-order valence-corrected chi connectivity index (χ1v) is 15.7. The van der Waals surface area contributed by atoms with E-state index in [9.17, 15) is 24.0 Å². The Labute approximate surface area is 278 Å². The van der Waals surface area contributed by atoms with Crippen LogP contribution < -0.4 is 10.4 Å². The summed E-state index contributed by atoms with van der Waals surface area (Å²) in [6.07, 6.45) is 1.13. The van der Waals surface area contributed by atoms with Crippen LogP contribution in [0.15, 0.2) is 68.5 Å². The minimum atomic E-state index is -1.38. The van der Waals surface area contributed by atoms with Crippen molar-refractivity contribution >= 4 is 39.8 Å². The number of nitrogens with zero attached hydrogens (tertiary/aromatic N) is 1. The smallest absolute Gasteiger partial charge is 0.347 e. The Morgan fingerprint density at radius 3 is 2.36 bits per heavy atom. The zero-order chi connectivity index (χ0) is 34.1. The normalized spacial score (nSPS) is 24.3. The molecular formula is C34H34BrNO11. The van der Waals surface area contributed by atoms with Crippen LogP contribution in [-0.2, 0) is 33.3 Å². The molecule has 6 atom stereocenters. The lowest BCUT2D eigenvalue weighted by atomic mass is 9.62. The molecule has 3 heterocycles. The van der Waals surface area contributed by atoms with Crippen molar-refractivity contribution in [1.29, 1.82) is 0 Å². The van der Waals surface area contributed by atoms with Crippen molar-refractivity contribution in [3.63, 3.8) is 0 Å². The van der Waals surface area contributed by atoms with Gasteiger partial charge >= 0.3 is 29.5 Å². The van der Waals surface area contributed by atoms with Gasteiger partial charge in [0.25, 0.3) is 0 Å². The molecule has 12 nitrogen and oxygen atoms in total. The van der Waals surface area contributed by atoms with Crippen LogP contribution in [0.25, 0.3) is 11.3 Å². The van der Waals surface area contributed by atoms with Gasteiger partial charge < -0.3 is 28.1 Å². The number of hydrogen-bond acceptors (Lipinski definition) is 12. The predicted octanol–water partition coefficient (Wildman–Crippen LogP) is 5.36. The fourth-order valence-corrected chi connectivity index (χ4v) is 6.69. The molecule has 0 bridgehead atoms. The summed E-state index contributed by atoms with van der Waals surface area (Å²) in [5.74, 6) is -3.73. The highest BCUT2D eigenvalue weighted by atomic mass is 79.9. The van der Waals surface area contributed by atoms with E-state index >= 15 is 0 Å². The maximum Gasteiger partial charge on any atom is 0.347 e. The lowest BCUT2D eigenvalue weighted by Crippen LogP contribution is -2.63. The van der Waals surface area contributed by atoms with Crippen molar-refractivity contribution < 1.29 is 47.3 Å². The molecule has 1 aliphatic carbocycles. The van der Waals surface area contributed by atoms with E-state index in [4.69, 9.17) is 28.1 Å². The van der Waals surface area contributed by atoms with E-state index < -0.39 is 64.7 Å². The van der Waals surface area contributed by atoms with Gasteiger partial charge in [-0.05, 0) is 63.1 Å². The molecule has 1 unspecified atom stereocenters. The van der Waals surface area contributed by atoms with Crippen LogP contribution in [0.2, 0.25) is 0 Å². The Hall–Kier alpha value is -4.52. The number of fused-ring (bicyclic) bond motifs is 2. The zero-order valence-electron chi connectivity index (χ0n) is 26.4. The molecule has 2 aromatic heterocycles. The fraction of sp³-hybridized carbons (Fsp3) is 0.412. The molecule has 2 aliphatic rings. The number of aromatic nitrogens is 1. The molecule has 0 spiro atoms. The lowest BCUT2D eigenvalue weighted by Gasteiger charge is -2.55. The Bertz CT molecular complexity index is 1740. The number of rotatable bonds is 8. The van der Waals surface area contributed by atoms with E-state index in [1.165, 1.54) is 33.0 Å². The average Bonchev–Trinajstić information content (AvgIpc) is 3.00. The van der Waals surface area contributed by atoms with E-state index in [1.807, 2.05) is 0 Å². The number of benzene rings is 1. The summed E-state index contributed by atoms with van der Waals surface area (Å²) in [4.78, 5) is 68.1. The second kappa shape index (κ2) is 13.3. The first kappa shape index (κ1) is 33.8. The molecule has 1 aromatic carbocycles. The summed E-state index contributed by atoms with van der Waals surface area (Å²) in [6, 6.07) is 11.4. The zero-order valence-corrected chi connectivity index (χ0v) is 28.0. The van der Waals surface area contributed by atoms with Gasteiger partial charge in [0.2, 0.25) is 0 Å². The molecule has 1 fully saturated rings. The first-order chi connectivity index (χ1) is 22.2. The van der Waals surface area contributed by atoms with E-state index in [-0.39, 0.29) is 42.1 Å². The number of carbonyl (C=O) groups excluding carboxylic acids is 4. The van der Waals surface area contributed by atoms with Crippen LogP contribution in [0.3, 0.4) is 0 Å². The number of carbonyl (C=O) groups is 4. The highest BCUT2D eigenvalue weighted by molar-refractivity contribution is 9.10. The second-order valence-electron chi connectivity index (χ2n) is 12.1. The molecule has 1 aliphatic heterocycles. The molecule has 0 radical (unpaired) electrons. The van der Waals surface area contributed by atoms with Gasteiger partial charge in [-0.25, -0.2) is 9.59 Å². The first-order valence-electron chi connectivity index (χ1n) is 14.9. The van der Waals surface area contributed by atoms with Crippen molar-refractivity contribution in [2.45, 2.75) is 70.9 Å². The standard InChI is InChI=1S/C34H34BrNO11/c1-18(37)42-17-33(4,46-20(3)39)23-13-25-30(45-31(40)21-8-10-24(35)11-9-21)29-27(47-34(25,5)28(14-23)43-19(2)38)15-26(44-32(29)41)22-7-6-12-36-16-22/h6-12,15-16,23,25,28,30H,13-14,17H2,1-5H3/t23-,25-,28-,30-,33?,34-/m1/s1. The average molecular weight is 713 g/mol. The van der Waals surface area contributed by atoms with Crippen LogP contribution >= 0.6 is 15.9 Å². The molecule has 13 heteroatoms. The summed E-state index contributed by atoms with van der Waals surface area (Å²) in [7, 11) is 0. The molecular weight excluding hydrogens is 678 g/mol. The number of hydrogen-bond donors (Lipinski definition) is 0. The highest BCUT2D eigenvalue weighted by Gasteiger charge is 2.61. The lowest BCUT2D eigenvalue weighted by molar-refractivity contribution is -0.215. The van der Waals surface area contributed by atoms with Gasteiger partial charge in [-0.3, -0.25) is 19.4 Å². The summed E-state index contributed by atoms with van der Waals surface area (Å²) in [5.41, 5.74) is -2.84. The number of ether oxygens (including phenoxy) is 5. The molecule has 47 heavy (non-hydrogen) atoms. The van der Waals surface area contributed by atoms with Gasteiger partial charge in [0.15, 0.2) is 0 Å². The summed E-state index contributed by atoms with van der Waals surface area (Å²) >= 11 is 3.36.